The zero-order chi connectivity index (χ0) is 16.9. The van der Waals surface area contributed by atoms with Crippen molar-refractivity contribution in [1.29, 1.82) is 0 Å². The van der Waals surface area contributed by atoms with Gasteiger partial charge in [-0.05, 0) is 42.8 Å². The summed E-state index contributed by atoms with van der Waals surface area (Å²) in [5.74, 6) is -0.431. The number of para-hydroxylation sites is 1. The van der Waals surface area contributed by atoms with Crippen molar-refractivity contribution in [2.75, 3.05) is 5.32 Å². The minimum Gasteiger partial charge on any atom is -0.357 e. The second-order valence-corrected chi connectivity index (χ2v) is 7.09. The second kappa shape index (κ2) is 7.67. The summed E-state index contributed by atoms with van der Waals surface area (Å²) >= 11 is 1.80. The maximum absolute atomic E-state index is 13.0. The Labute approximate surface area is 146 Å². The van der Waals surface area contributed by atoms with Crippen LogP contribution in [0, 0.1) is 5.82 Å². The van der Waals surface area contributed by atoms with Crippen LogP contribution in [0.1, 0.15) is 36.5 Å². The van der Waals surface area contributed by atoms with Crippen LogP contribution in [-0.4, -0.2) is 11.0 Å². The van der Waals surface area contributed by atoms with Gasteiger partial charge in [-0.1, -0.05) is 31.9 Å². The number of carbonyl (C=O) groups is 1. The van der Waals surface area contributed by atoms with Gasteiger partial charge in [0.25, 0.3) is 0 Å². The van der Waals surface area contributed by atoms with E-state index in [-0.39, 0.29) is 16.9 Å². The van der Waals surface area contributed by atoms with Crippen LogP contribution in [0.25, 0.3) is 0 Å². The van der Waals surface area contributed by atoms with Crippen LogP contribution in [0.5, 0.6) is 0 Å². The Bertz CT molecular complexity index is 754. The Hall–Kier alpha value is -2.07. The third-order valence-corrected chi connectivity index (χ3v) is 5.40. The first-order valence-electron chi connectivity index (χ1n) is 8.21. The molecule has 3 rings (SSSR count). The van der Waals surface area contributed by atoms with Crippen LogP contribution in [0.3, 0.4) is 0 Å². The summed E-state index contributed by atoms with van der Waals surface area (Å²) in [4.78, 5) is 13.7. The van der Waals surface area contributed by atoms with E-state index < -0.39 is 0 Å². The van der Waals surface area contributed by atoms with Crippen molar-refractivity contribution in [2.45, 2.75) is 36.3 Å². The lowest BCUT2D eigenvalue weighted by atomic mass is 10.1. The Kier molecular flexibility index (Phi) is 5.36. The SMILES string of the molecule is CCCCC1Sc2ccccc2N/C1=C\C(=O)c1ccc(F)cc1. The molecule has 0 radical (unpaired) electrons. The first-order chi connectivity index (χ1) is 11.7. The number of fused-ring (bicyclic) bond motifs is 1. The molecule has 1 N–H and O–H groups in total. The van der Waals surface area contributed by atoms with Crippen molar-refractivity contribution >= 4 is 23.2 Å². The van der Waals surface area contributed by atoms with Crippen LogP contribution in [0.4, 0.5) is 10.1 Å². The van der Waals surface area contributed by atoms with Gasteiger partial charge in [0.1, 0.15) is 5.82 Å². The molecule has 24 heavy (non-hydrogen) atoms. The number of ketones is 1. The maximum Gasteiger partial charge on any atom is 0.187 e. The molecule has 124 valence electrons. The molecular formula is C20H20FNOS. The molecule has 2 aromatic rings. The van der Waals surface area contributed by atoms with E-state index in [9.17, 15) is 9.18 Å². The highest BCUT2D eigenvalue weighted by molar-refractivity contribution is 8.00. The van der Waals surface area contributed by atoms with Crippen molar-refractivity contribution < 1.29 is 9.18 Å². The van der Waals surface area contributed by atoms with Gasteiger partial charge in [0.2, 0.25) is 0 Å². The molecule has 4 heteroatoms. The number of hydrogen-bond acceptors (Lipinski definition) is 3. The predicted octanol–water partition coefficient (Wildman–Crippen LogP) is 5.67. The number of nitrogens with one attached hydrogen (secondary N) is 1. The van der Waals surface area contributed by atoms with Gasteiger partial charge < -0.3 is 5.32 Å². The zero-order valence-electron chi connectivity index (χ0n) is 13.6. The molecule has 1 unspecified atom stereocenters. The Morgan fingerprint density at radius 1 is 1.21 bits per heavy atom. The summed E-state index contributed by atoms with van der Waals surface area (Å²) in [5.41, 5.74) is 2.47. The van der Waals surface area contributed by atoms with E-state index in [2.05, 4.69) is 18.3 Å². The normalized spacial score (nSPS) is 18.1. The van der Waals surface area contributed by atoms with E-state index in [1.54, 1.807) is 17.8 Å². The zero-order valence-corrected chi connectivity index (χ0v) is 14.4. The smallest absolute Gasteiger partial charge is 0.187 e. The quantitative estimate of drug-likeness (QED) is 0.561. The molecule has 0 bridgehead atoms. The summed E-state index contributed by atoms with van der Waals surface area (Å²) in [6.07, 6.45) is 4.92. The van der Waals surface area contributed by atoms with Crippen molar-refractivity contribution in [3.05, 3.63) is 71.7 Å². The fraction of sp³-hybridized carbons (Fsp3) is 0.250. The van der Waals surface area contributed by atoms with Crippen LogP contribution < -0.4 is 5.32 Å². The third kappa shape index (κ3) is 3.88. The van der Waals surface area contributed by atoms with Gasteiger partial charge in [0.15, 0.2) is 5.78 Å². The van der Waals surface area contributed by atoms with Crippen molar-refractivity contribution in [3.63, 3.8) is 0 Å². The fourth-order valence-corrected chi connectivity index (χ4v) is 3.95. The molecule has 2 nitrogen and oxygen atoms in total. The summed E-state index contributed by atoms with van der Waals surface area (Å²) in [5, 5.41) is 3.65. The lowest BCUT2D eigenvalue weighted by Crippen LogP contribution is -2.20. The molecule has 1 aliphatic rings. The average Bonchev–Trinajstić information content (AvgIpc) is 2.60. The monoisotopic (exact) mass is 341 g/mol. The van der Waals surface area contributed by atoms with Crippen LogP contribution in [-0.2, 0) is 0 Å². The molecule has 0 fully saturated rings. The largest absolute Gasteiger partial charge is 0.357 e. The van der Waals surface area contributed by atoms with Crippen molar-refractivity contribution in [1.82, 2.24) is 0 Å². The van der Waals surface area contributed by atoms with E-state index in [1.807, 2.05) is 18.2 Å². The van der Waals surface area contributed by atoms with Crippen molar-refractivity contribution in [3.8, 4) is 0 Å². The standard InChI is InChI=1S/C20H20FNOS/c1-2-3-7-20-17(22-16-6-4-5-8-19(16)24-20)13-18(23)14-9-11-15(21)12-10-14/h4-6,8-13,20,22H,2-3,7H2,1H3/b17-13-. The van der Waals surface area contributed by atoms with E-state index in [0.717, 1.165) is 30.6 Å². The van der Waals surface area contributed by atoms with Crippen LogP contribution >= 0.6 is 11.8 Å². The molecule has 0 aliphatic carbocycles. The number of anilines is 1. The number of carbonyl (C=O) groups excluding carboxylic acids is 1. The highest BCUT2D eigenvalue weighted by Gasteiger charge is 2.24. The highest BCUT2D eigenvalue weighted by atomic mass is 32.2. The second-order valence-electron chi connectivity index (χ2n) is 5.84. The lowest BCUT2D eigenvalue weighted by Gasteiger charge is -2.28. The van der Waals surface area contributed by atoms with E-state index in [1.165, 1.54) is 29.2 Å². The van der Waals surface area contributed by atoms with Gasteiger partial charge in [-0.25, -0.2) is 4.39 Å². The van der Waals surface area contributed by atoms with Gasteiger partial charge in [0.05, 0.1) is 5.69 Å². The third-order valence-electron chi connectivity index (χ3n) is 4.02. The van der Waals surface area contributed by atoms with Crippen LogP contribution in [0.15, 0.2) is 65.2 Å². The van der Waals surface area contributed by atoms with Gasteiger partial charge in [-0.3, -0.25) is 4.79 Å². The lowest BCUT2D eigenvalue weighted by molar-refractivity contribution is 0.104. The Balaban J connectivity index is 1.87. The van der Waals surface area contributed by atoms with E-state index >= 15 is 0 Å². The number of unbranched alkanes of at least 4 members (excludes halogenated alkanes) is 1. The molecular weight excluding hydrogens is 321 g/mol. The summed E-state index contributed by atoms with van der Waals surface area (Å²) < 4.78 is 13.0. The Morgan fingerprint density at radius 3 is 2.71 bits per heavy atom. The molecule has 1 aliphatic heterocycles. The molecule has 0 spiro atoms. The highest BCUT2D eigenvalue weighted by Crippen LogP contribution is 2.41. The predicted molar refractivity (Wildman–Crippen MR) is 98.0 cm³/mol. The molecule has 0 aromatic heterocycles. The maximum atomic E-state index is 13.0. The molecule has 0 amide bonds. The summed E-state index contributed by atoms with van der Waals surface area (Å²) in [7, 11) is 0. The number of thioether (sulfide) groups is 1. The van der Waals surface area contributed by atoms with Crippen LogP contribution in [0.2, 0.25) is 0 Å². The first-order valence-corrected chi connectivity index (χ1v) is 9.09. The molecule has 2 aromatic carbocycles. The number of benzene rings is 2. The minimum atomic E-state index is -0.333. The number of allylic oxidation sites excluding steroid dienone is 1. The topological polar surface area (TPSA) is 29.1 Å². The molecule has 0 saturated carbocycles. The summed E-state index contributed by atoms with van der Waals surface area (Å²) in [6, 6.07) is 13.8. The molecule has 0 saturated heterocycles. The van der Waals surface area contributed by atoms with Gasteiger partial charge in [-0.2, -0.15) is 0 Å². The first kappa shape index (κ1) is 16.8. The van der Waals surface area contributed by atoms with Gasteiger partial charge in [-0.15, -0.1) is 11.8 Å². The number of hydrogen-bond donors (Lipinski definition) is 1. The van der Waals surface area contributed by atoms with Gasteiger partial charge in [0, 0.05) is 27.5 Å². The molecule has 1 atom stereocenters. The summed E-state index contributed by atoms with van der Waals surface area (Å²) in [6.45, 7) is 2.17. The number of rotatable bonds is 5. The van der Waals surface area contributed by atoms with E-state index in [0.29, 0.717) is 5.56 Å². The van der Waals surface area contributed by atoms with Crippen molar-refractivity contribution in [2.24, 2.45) is 0 Å². The number of halogens is 1. The molecule has 1 heterocycles. The average molecular weight is 341 g/mol. The Morgan fingerprint density at radius 2 is 1.96 bits per heavy atom. The minimum absolute atomic E-state index is 0.0982. The van der Waals surface area contributed by atoms with Gasteiger partial charge >= 0.3 is 0 Å². The fourth-order valence-electron chi connectivity index (χ4n) is 2.70. The van der Waals surface area contributed by atoms with E-state index in [4.69, 9.17) is 0 Å².